The maximum atomic E-state index is 13.3. The van der Waals surface area contributed by atoms with Crippen molar-refractivity contribution in [3.8, 4) is 22.4 Å². The molecule has 0 aliphatic heterocycles. The summed E-state index contributed by atoms with van der Waals surface area (Å²) >= 11 is 6.18. The molecule has 4 rings (SSSR count). The first-order valence-electron chi connectivity index (χ1n) is 8.10. The van der Waals surface area contributed by atoms with Crippen LogP contribution in [-0.4, -0.2) is 4.57 Å². The summed E-state index contributed by atoms with van der Waals surface area (Å²) in [6, 6.07) is 25.2. The highest BCUT2D eigenvalue weighted by Crippen LogP contribution is 2.32. The summed E-state index contributed by atoms with van der Waals surface area (Å²) in [5, 5.41) is 1.29. The van der Waals surface area contributed by atoms with Crippen molar-refractivity contribution in [3.63, 3.8) is 0 Å². The number of aryl methyl sites for hydroxylation is 1. The van der Waals surface area contributed by atoms with Crippen LogP contribution in [0.15, 0.2) is 83.7 Å². The van der Waals surface area contributed by atoms with Gasteiger partial charge in [-0.2, -0.15) is 0 Å². The number of halogens is 1. The van der Waals surface area contributed by atoms with Crippen molar-refractivity contribution >= 4 is 22.5 Å². The third-order valence-corrected chi connectivity index (χ3v) is 4.71. The minimum absolute atomic E-state index is 0.0230. The van der Waals surface area contributed by atoms with Crippen molar-refractivity contribution in [2.24, 2.45) is 7.05 Å². The quantitative estimate of drug-likeness (QED) is 0.468. The van der Waals surface area contributed by atoms with Gasteiger partial charge in [-0.25, -0.2) is 0 Å². The minimum atomic E-state index is 0.0230. The van der Waals surface area contributed by atoms with Crippen LogP contribution in [0.4, 0.5) is 0 Å². The molecule has 0 bridgehead atoms. The summed E-state index contributed by atoms with van der Waals surface area (Å²) in [7, 11) is 1.98. The van der Waals surface area contributed by atoms with Gasteiger partial charge in [-0.15, -0.1) is 0 Å². The Morgan fingerprint density at radius 3 is 2.04 bits per heavy atom. The molecule has 0 N–H and O–H groups in total. The number of hydrogen-bond acceptors (Lipinski definition) is 1. The maximum absolute atomic E-state index is 13.3. The Labute approximate surface area is 150 Å². The number of nitrogens with zero attached hydrogens (tertiary/aromatic N) is 1. The fraction of sp³-hybridized carbons (Fsp3) is 0.0455. The fourth-order valence-electron chi connectivity index (χ4n) is 3.31. The van der Waals surface area contributed by atoms with E-state index in [0.29, 0.717) is 16.0 Å². The summed E-state index contributed by atoms with van der Waals surface area (Å²) in [5.74, 6) is 0. The van der Waals surface area contributed by atoms with Crippen LogP contribution in [0.2, 0.25) is 5.02 Å². The molecule has 0 radical (unpaired) electrons. The Kier molecular flexibility index (Phi) is 3.90. The van der Waals surface area contributed by atoms with Gasteiger partial charge in [0.25, 0.3) is 0 Å². The fourth-order valence-corrected chi connectivity index (χ4v) is 3.48. The Balaban J connectivity index is 2.21. The molecular weight excluding hydrogens is 330 g/mol. The maximum Gasteiger partial charge on any atom is 0.197 e. The molecule has 0 saturated carbocycles. The lowest BCUT2D eigenvalue weighted by Crippen LogP contribution is -2.14. The normalized spacial score (nSPS) is 11.0. The zero-order chi connectivity index (χ0) is 17.4. The van der Waals surface area contributed by atoms with Gasteiger partial charge in [0, 0.05) is 17.5 Å². The lowest BCUT2D eigenvalue weighted by atomic mass is 9.96. The molecule has 0 unspecified atom stereocenters. The first-order chi connectivity index (χ1) is 12.2. The molecule has 1 heterocycles. The van der Waals surface area contributed by atoms with Crippen LogP contribution in [-0.2, 0) is 7.05 Å². The molecule has 0 spiro atoms. The Morgan fingerprint density at radius 1 is 0.800 bits per heavy atom. The summed E-state index contributed by atoms with van der Waals surface area (Å²) in [5.41, 5.74) is 4.38. The Hall–Kier alpha value is -2.84. The van der Waals surface area contributed by atoms with Gasteiger partial charge in [-0.05, 0) is 29.3 Å². The molecule has 0 aliphatic rings. The van der Waals surface area contributed by atoms with Gasteiger partial charge < -0.3 is 4.57 Å². The molecule has 0 amide bonds. The van der Waals surface area contributed by atoms with E-state index in [1.807, 2.05) is 73.8 Å². The average Bonchev–Trinajstić information content (AvgIpc) is 2.65. The van der Waals surface area contributed by atoms with Gasteiger partial charge in [0.15, 0.2) is 5.43 Å². The topological polar surface area (TPSA) is 22.0 Å². The van der Waals surface area contributed by atoms with Crippen LogP contribution in [0.5, 0.6) is 0 Å². The van der Waals surface area contributed by atoms with Crippen LogP contribution in [0.1, 0.15) is 0 Å². The van der Waals surface area contributed by atoms with Crippen LogP contribution >= 0.6 is 11.6 Å². The Bertz CT molecular complexity index is 1120. The monoisotopic (exact) mass is 345 g/mol. The first-order valence-corrected chi connectivity index (χ1v) is 8.47. The molecule has 1 aromatic heterocycles. The van der Waals surface area contributed by atoms with Crippen LogP contribution < -0.4 is 5.43 Å². The molecule has 25 heavy (non-hydrogen) atoms. The summed E-state index contributed by atoms with van der Waals surface area (Å²) < 4.78 is 2.06. The molecule has 2 nitrogen and oxygen atoms in total. The van der Waals surface area contributed by atoms with Crippen molar-refractivity contribution in [1.82, 2.24) is 4.57 Å². The Morgan fingerprint density at radius 2 is 1.40 bits per heavy atom. The van der Waals surface area contributed by atoms with Gasteiger partial charge in [-0.1, -0.05) is 72.3 Å². The van der Waals surface area contributed by atoms with Crippen LogP contribution in [0.3, 0.4) is 0 Å². The van der Waals surface area contributed by atoms with E-state index in [9.17, 15) is 4.79 Å². The van der Waals surface area contributed by atoms with Crippen molar-refractivity contribution in [3.05, 3.63) is 94.1 Å². The number of pyridine rings is 1. The second-order valence-electron chi connectivity index (χ2n) is 6.01. The highest BCUT2D eigenvalue weighted by Gasteiger charge is 2.18. The lowest BCUT2D eigenvalue weighted by Gasteiger charge is -2.18. The lowest BCUT2D eigenvalue weighted by molar-refractivity contribution is 0.962. The van der Waals surface area contributed by atoms with Gasteiger partial charge in [-0.3, -0.25) is 4.79 Å². The zero-order valence-corrected chi connectivity index (χ0v) is 14.5. The van der Waals surface area contributed by atoms with E-state index in [0.717, 1.165) is 22.3 Å². The molecule has 3 aromatic carbocycles. The third-order valence-electron chi connectivity index (χ3n) is 4.47. The van der Waals surface area contributed by atoms with E-state index >= 15 is 0 Å². The van der Waals surface area contributed by atoms with Crippen LogP contribution in [0.25, 0.3) is 33.3 Å². The molecule has 4 aromatic rings. The van der Waals surface area contributed by atoms with Crippen molar-refractivity contribution < 1.29 is 0 Å². The van der Waals surface area contributed by atoms with E-state index in [-0.39, 0.29) is 5.43 Å². The molecule has 3 heteroatoms. The van der Waals surface area contributed by atoms with Gasteiger partial charge in [0.05, 0.1) is 16.8 Å². The largest absolute Gasteiger partial charge is 0.343 e. The van der Waals surface area contributed by atoms with Crippen molar-refractivity contribution in [2.45, 2.75) is 0 Å². The number of rotatable bonds is 2. The molecule has 122 valence electrons. The van der Waals surface area contributed by atoms with Gasteiger partial charge in [0.1, 0.15) is 0 Å². The molecule has 0 fully saturated rings. The zero-order valence-electron chi connectivity index (χ0n) is 13.7. The second-order valence-corrected chi connectivity index (χ2v) is 6.44. The number of hydrogen-bond donors (Lipinski definition) is 0. The van der Waals surface area contributed by atoms with E-state index in [1.54, 1.807) is 12.1 Å². The molecular formula is C22H16ClNO. The third kappa shape index (κ3) is 2.65. The average molecular weight is 346 g/mol. The molecule has 0 aliphatic carbocycles. The standard InChI is InChI=1S/C22H16ClNO/c1-24-19-14-17(23)12-13-18(19)22(25)20(15-8-4-2-5-9-15)21(24)16-10-6-3-7-11-16/h2-14H,1H3. The van der Waals surface area contributed by atoms with Crippen LogP contribution in [0, 0.1) is 0 Å². The predicted molar refractivity (Wildman–Crippen MR) is 105 cm³/mol. The van der Waals surface area contributed by atoms with E-state index in [1.165, 1.54) is 0 Å². The minimum Gasteiger partial charge on any atom is -0.343 e. The summed E-state index contributed by atoms with van der Waals surface area (Å²) in [4.78, 5) is 13.3. The predicted octanol–water partition coefficient (Wildman–Crippen LogP) is 5.53. The van der Waals surface area contributed by atoms with Crippen molar-refractivity contribution in [1.29, 1.82) is 0 Å². The van der Waals surface area contributed by atoms with E-state index in [2.05, 4.69) is 4.57 Å². The SMILES string of the molecule is Cn1c(-c2ccccc2)c(-c2ccccc2)c(=O)c2ccc(Cl)cc21. The number of fused-ring (bicyclic) bond motifs is 1. The molecule has 0 atom stereocenters. The molecule has 0 saturated heterocycles. The highest BCUT2D eigenvalue weighted by atomic mass is 35.5. The highest BCUT2D eigenvalue weighted by molar-refractivity contribution is 6.31. The smallest absolute Gasteiger partial charge is 0.197 e. The number of aromatic nitrogens is 1. The van der Waals surface area contributed by atoms with Gasteiger partial charge in [0.2, 0.25) is 0 Å². The van der Waals surface area contributed by atoms with E-state index < -0.39 is 0 Å². The summed E-state index contributed by atoms with van der Waals surface area (Å²) in [6.45, 7) is 0. The summed E-state index contributed by atoms with van der Waals surface area (Å²) in [6.07, 6.45) is 0. The van der Waals surface area contributed by atoms with Crippen molar-refractivity contribution in [2.75, 3.05) is 0 Å². The first kappa shape index (κ1) is 15.7. The van der Waals surface area contributed by atoms with Gasteiger partial charge >= 0.3 is 0 Å². The second kappa shape index (κ2) is 6.23. The van der Waals surface area contributed by atoms with E-state index in [4.69, 9.17) is 11.6 Å². The number of benzene rings is 3.